The topological polar surface area (TPSA) is 67.0 Å². The lowest BCUT2D eigenvalue weighted by atomic mass is 10.0. The predicted octanol–water partition coefficient (Wildman–Crippen LogP) is 7.77. The summed E-state index contributed by atoms with van der Waals surface area (Å²) < 4.78 is 43.6. The summed E-state index contributed by atoms with van der Waals surface area (Å²) >= 11 is 0. The highest BCUT2D eigenvalue weighted by Crippen LogP contribution is 2.31. The number of benzene rings is 3. The van der Waals surface area contributed by atoms with Gasteiger partial charge in [0, 0.05) is 5.56 Å². The normalized spacial score (nSPS) is 12.3. The standard InChI is InChI=1S/C27H24F3N3O2/c1-26(2,3)35-25(34)33-21-7-5-4-6-20(21)18-11-14-22-23(16-18)32-24(31-22)15-10-17-8-12-19(13-9-17)27(28,29)30/h4-16H,1-3H3,(H,31,32)(H,33,34). The number of H-pyrrole nitrogens is 1. The van der Waals surface area contributed by atoms with Crippen molar-refractivity contribution in [3.63, 3.8) is 0 Å². The summed E-state index contributed by atoms with van der Waals surface area (Å²) in [5.74, 6) is 0.567. The van der Waals surface area contributed by atoms with Gasteiger partial charge in [-0.05, 0) is 68.3 Å². The third-order valence-electron chi connectivity index (χ3n) is 5.05. The van der Waals surface area contributed by atoms with Crippen molar-refractivity contribution in [1.29, 1.82) is 0 Å². The highest BCUT2D eigenvalue weighted by Gasteiger charge is 2.29. The quantitative estimate of drug-likeness (QED) is 0.314. The Labute approximate surface area is 200 Å². The van der Waals surface area contributed by atoms with Gasteiger partial charge >= 0.3 is 12.3 Å². The zero-order valence-electron chi connectivity index (χ0n) is 19.4. The Morgan fingerprint density at radius 1 is 0.971 bits per heavy atom. The maximum Gasteiger partial charge on any atom is 0.416 e. The van der Waals surface area contributed by atoms with Crippen LogP contribution in [0.15, 0.2) is 66.7 Å². The fourth-order valence-electron chi connectivity index (χ4n) is 3.49. The third-order valence-corrected chi connectivity index (χ3v) is 5.05. The van der Waals surface area contributed by atoms with Gasteiger partial charge in [-0.15, -0.1) is 0 Å². The number of halogens is 3. The Kier molecular flexibility index (Phi) is 6.39. The van der Waals surface area contributed by atoms with E-state index in [2.05, 4.69) is 15.3 Å². The minimum Gasteiger partial charge on any atom is -0.444 e. The number of para-hydroxylation sites is 1. The van der Waals surface area contributed by atoms with E-state index in [4.69, 9.17) is 4.74 Å². The van der Waals surface area contributed by atoms with E-state index < -0.39 is 23.4 Å². The molecule has 0 bridgehead atoms. The highest BCUT2D eigenvalue weighted by atomic mass is 19.4. The van der Waals surface area contributed by atoms with E-state index >= 15 is 0 Å². The van der Waals surface area contributed by atoms with Gasteiger partial charge in [-0.3, -0.25) is 5.32 Å². The number of nitrogens with one attached hydrogen (secondary N) is 2. The lowest BCUT2D eigenvalue weighted by molar-refractivity contribution is -0.137. The average Bonchev–Trinajstić information content (AvgIpc) is 3.18. The van der Waals surface area contributed by atoms with Gasteiger partial charge in [-0.2, -0.15) is 13.2 Å². The predicted molar refractivity (Wildman–Crippen MR) is 132 cm³/mol. The summed E-state index contributed by atoms with van der Waals surface area (Å²) in [6, 6.07) is 18.0. The van der Waals surface area contributed by atoms with Gasteiger partial charge in [0.05, 0.1) is 22.3 Å². The van der Waals surface area contributed by atoms with Gasteiger partial charge in [0.2, 0.25) is 0 Å². The monoisotopic (exact) mass is 479 g/mol. The van der Waals surface area contributed by atoms with Gasteiger partial charge in [0.15, 0.2) is 0 Å². The molecular weight excluding hydrogens is 455 g/mol. The molecule has 0 spiro atoms. The lowest BCUT2D eigenvalue weighted by Gasteiger charge is -2.20. The molecule has 0 atom stereocenters. The number of nitrogens with zero attached hydrogens (tertiary/aromatic N) is 1. The second kappa shape index (κ2) is 9.29. The highest BCUT2D eigenvalue weighted by molar-refractivity contribution is 5.93. The second-order valence-electron chi connectivity index (χ2n) is 8.98. The van der Waals surface area contributed by atoms with Crippen molar-refractivity contribution in [2.75, 3.05) is 5.32 Å². The first kappa shape index (κ1) is 24.1. The number of fused-ring (bicyclic) bond motifs is 1. The fraction of sp³-hybridized carbons (Fsp3) is 0.185. The van der Waals surface area contributed by atoms with E-state index in [1.54, 1.807) is 39.0 Å². The largest absolute Gasteiger partial charge is 0.444 e. The summed E-state index contributed by atoms with van der Waals surface area (Å²) in [4.78, 5) is 20.0. The summed E-state index contributed by atoms with van der Waals surface area (Å²) in [6.07, 6.45) is -1.50. The summed E-state index contributed by atoms with van der Waals surface area (Å²) in [5, 5.41) is 2.80. The molecule has 0 aliphatic heterocycles. The van der Waals surface area contributed by atoms with Gasteiger partial charge in [0.25, 0.3) is 0 Å². The van der Waals surface area contributed by atoms with Crippen LogP contribution in [0.4, 0.5) is 23.7 Å². The first-order chi connectivity index (χ1) is 16.5. The van der Waals surface area contributed by atoms with E-state index in [0.717, 1.165) is 34.3 Å². The number of carbonyl (C=O) groups excluding carboxylic acids is 1. The van der Waals surface area contributed by atoms with E-state index in [1.807, 2.05) is 36.4 Å². The summed E-state index contributed by atoms with van der Waals surface area (Å²) in [5.41, 5.74) is 3.14. The van der Waals surface area contributed by atoms with Gasteiger partial charge in [-0.25, -0.2) is 9.78 Å². The van der Waals surface area contributed by atoms with Crippen molar-refractivity contribution >= 4 is 35.0 Å². The molecule has 1 amide bonds. The van der Waals surface area contributed by atoms with Crippen LogP contribution in [0, 0.1) is 0 Å². The average molecular weight is 480 g/mol. The molecule has 35 heavy (non-hydrogen) atoms. The molecule has 5 nitrogen and oxygen atoms in total. The van der Waals surface area contributed by atoms with Crippen LogP contribution in [-0.2, 0) is 10.9 Å². The smallest absolute Gasteiger partial charge is 0.416 e. The molecule has 180 valence electrons. The van der Waals surface area contributed by atoms with Gasteiger partial charge < -0.3 is 9.72 Å². The Bertz CT molecular complexity index is 1380. The first-order valence-corrected chi connectivity index (χ1v) is 10.9. The maximum absolute atomic E-state index is 12.7. The molecule has 1 heterocycles. The van der Waals surface area contributed by atoms with Crippen LogP contribution in [0.5, 0.6) is 0 Å². The number of aromatic nitrogens is 2. The molecular formula is C27H24F3N3O2. The molecule has 0 aliphatic rings. The van der Waals surface area contributed by atoms with Crippen molar-refractivity contribution in [3.8, 4) is 11.1 Å². The van der Waals surface area contributed by atoms with Crippen LogP contribution >= 0.6 is 0 Å². The van der Waals surface area contributed by atoms with Crippen molar-refractivity contribution < 1.29 is 22.7 Å². The van der Waals surface area contributed by atoms with E-state index in [-0.39, 0.29) is 0 Å². The number of amides is 1. The van der Waals surface area contributed by atoms with E-state index in [9.17, 15) is 18.0 Å². The van der Waals surface area contributed by atoms with Crippen LogP contribution in [0.1, 0.15) is 37.7 Å². The molecule has 2 N–H and O–H groups in total. The number of carbonyl (C=O) groups is 1. The maximum atomic E-state index is 12.7. The summed E-state index contributed by atoms with van der Waals surface area (Å²) in [6.45, 7) is 5.40. The van der Waals surface area contributed by atoms with Crippen molar-refractivity contribution in [2.45, 2.75) is 32.5 Å². The van der Waals surface area contributed by atoms with Crippen molar-refractivity contribution in [2.24, 2.45) is 0 Å². The lowest BCUT2D eigenvalue weighted by Crippen LogP contribution is -2.27. The van der Waals surface area contributed by atoms with Crippen LogP contribution in [-0.4, -0.2) is 21.7 Å². The molecule has 3 aromatic carbocycles. The molecule has 1 aromatic heterocycles. The molecule has 4 aromatic rings. The number of ether oxygens (including phenoxy) is 1. The number of aromatic amines is 1. The van der Waals surface area contributed by atoms with E-state index in [1.165, 1.54) is 12.1 Å². The fourth-order valence-corrected chi connectivity index (χ4v) is 3.49. The second-order valence-corrected chi connectivity index (χ2v) is 8.98. The minimum absolute atomic E-state index is 0.539. The minimum atomic E-state index is -4.36. The molecule has 0 aliphatic carbocycles. The first-order valence-electron chi connectivity index (χ1n) is 10.9. The van der Waals surface area contributed by atoms with Gasteiger partial charge in [-0.1, -0.05) is 42.5 Å². The number of hydrogen-bond acceptors (Lipinski definition) is 3. The van der Waals surface area contributed by atoms with Crippen LogP contribution < -0.4 is 5.32 Å². The number of imidazole rings is 1. The molecule has 0 radical (unpaired) electrons. The van der Waals surface area contributed by atoms with Crippen molar-refractivity contribution in [3.05, 3.63) is 83.7 Å². The van der Waals surface area contributed by atoms with Crippen molar-refractivity contribution in [1.82, 2.24) is 9.97 Å². The van der Waals surface area contributed by atoms with Crippen LogP contribution in [0.2, 0.25) is 0 Å². The Morgan fingerprint density at radius 2 is 1.69 bits per heavy atom. The molecule has 0 saturated carbocycles. The zero-order chi connectivity index (χ0) is 25.2. The molecule has 0 saturated heterocycles. The van der Waals surface area contributed by atoms with Gasteiger partial charge in [0.1, 0.15) is 11.4 Å². The Balaban J connectivity index is 1.56. The number of rotatable bonds is 4. The molecule has 0 unspecified atom stereocenters. The number of alkyl halides is 3. The van der Waals surface area contributed by atoms with Crippen LogP contribution in [0.25, 0.3) is 34.3 Å². The molecule has 4 rings (SSSR count). The molecule has 0 fully saturated rings. The zero-order valence-corrected chi connectivity index (χ0v) is 19.4. The summed E-state index contributed by atoms with van der Waals surface area (Å²) in [7, 11) is 0. The molecule has 8 heteroatoms. The number of anilines is 1. The SMILES string of the molecule is CC(C)(C)OC(=O)Nc1ccccc1-c1ccc2nc(C=Cc3ccc(C(F)(F)F)cc3)[nH]c2c1. The number of hydrogen-bond donors (Lipinski definition) is 2. The van der Waals surface area contributed by atoms with E-state index in [0.29, 0.717) is 17.1 Å². The third kappa shape index (κ3) is 6.09. The Morgan fingerprint density at radius 3 is 2.37 bits per heavy atom. The Hall–Kier alpha value is -4.07. The van der Waals surface area contributed by atoms with Crippen LogP contribution in [0.3, 0.4) is 0 Å².